The Kier molecular flexibility index (Phi) is 4.67. The zero-order chi connectivity index (χ0) is 12.9. The van der Waals surface area contributed by atoms with Crippen molar-refractivity contribution in [1.82, 2.24) is 9.71 Å². The quantitative estimate of drug-likeness (QED) is 0.677. The first-order valence-electron chi connectivity index (χ1n) is 4.91. The number of hydrogen-bond acceptors (Lipinski definition) is 5. The lowest BCUT2D eigenvalue weighted by atomic mass is 10.3. The molecule has 1 rings (SSSR count). The SMILES string of the molecule is COCCNS(=O)(=O)N(C)c1ccncc1N. The van der Waals surface area contributed by atoms with Gasteiger partial charge in [-0.25, -0.2) is 0 Å². The van der Waals surface area contributed by atoms with Crippen molar-refractivity contribution in [3.63, 3.8) is 0 Å². The third-order valence-electron chi connectivity index (χ3n) is 2.12. The molecule has 0 aliphatic heterocycles. The number of hydrogen-bond donors (Lipinski definition) is 2. The van der Waals surface area contributed by atoms with Crippen molar-refractivity contribution in [1.29, 1.82) is 0 Å². The molecular weight excluding hydrogens is 244 g/mol. The standard InChI is InChI=1S/C9H16N4O3S/c1-13(9-3-4-11-7-8(9)10)17(14,15)12-5-6-16-2/h3-4,7,12H,5-6,10H2,1-2H3. The summed E-state index contributed by atoms with van der Waals surface area (Å²) < 4.78 is 31.9. The Bertz CT molecular complexity index is 463. The maximum Gasteiger partial charge on any atom is 0.301 e. The fourth-order valence-corrected chi connectivity index (χ4v) is 2.15. The molecule has 0 radical (unpaired) electrons. The molecule has 0 aliphatic carbocycles. The lowest BCUT2D eigenvalue weighted by molar-refractivity contribution is 0.204. The second-order valence-electron chi connectivity index (χ2n) is 3.29. The highest BCUT2D eigenvalue weighted by Crippen LogP contribution is 2.21. The van der Waals surface area contributed by atoms with Crippen molar-refractivity contribution in [2.45, 2.75) is 0 Å². The number of anilines is 2. The Balaban J connectivity index is 2.82. The molecule has 0 fully saturated rings. The van der Waals surface area contributed by atoms with Crippen LogP contribution >= 0.6 is 0 Å². The van der Waals surface area contributed by atoms with Crippen molar-refractivity contribution in [3.05, 3.63) is 18.5 Å². The molecule has 1 heterocycles. The van der Waals surface area contributed by atoms with Gasteiger partial charge in [0, 0.05) is 26.9 Å². The monoisotopic (exact) mass is 260 g/mol. The Labute approximate surface area is 101 Å². The van der Waals surface area contributed by atoms with Crippen LogP contribution in [0.4, 0.5) is 11.4 Å². The molecule has 17 heavy (non-hydrogen) atoms. The highest BCUT2D eigenvalue weighted by atomic mass is 32.2. The number of ether oxygens (including phenoxy) is 1. The van der Waals surface area contributed by atoms with Gasteiger partial charge in [-0.3, -0.25) is 9.29 Å². The van der Waals surface area contributed by atoms with E-state index in [4.69, 9.17) is 10.5 Å². The number of nitrogens with one attached hydrogen (secondary N) is 1. The number of nitrogens with zero attached hydrogens (tertiary/aromatic N) is 2. The second kappa shape index (κ2) is 5.80. The predicted octanol–water partition coefficient (Wildman–Crippen LogP) is -0.419. The van der Waals surface area contributed by atoms with Gasteiger partial charge in [0.25, 0.3) is 0 Å². The summed E-state index contributed by atoms with van der Waals surface area (Å²) in [6, 6.07) is 1.53. The topological polar surface area (TPSA) is 97.5 Å². The normalized spacial score (nSPS) is 11.4. The molecule has 0 saturated carbocycles. The number of methoxy groups -OCH3 is 1. The van der Waals surface area contributed by atoms with E-state index < -0.39 is 10.2 Å². The van der Waals surface area contributed by atoms with Crippen molar-refractivity contribution in [2.24, 2.45) is 0 Å². The zero-order valence-electron chi connectivity index (χ0n) is 9.75. The molecule has 0 saturated heterocycles. The number of pyridine rings is 1. The van der Waals surface area contributed by atoms with E-state index in [9.17, 15) is 8.42 Å². The molecule has 0 bridgehead atoms. The minimum absolute atomic E-state index is 0.203. The van der Waals surface area contributed by atoms with Crippen LogP contribution in [0.2, 0.25) is 0 Å². The summed E-state index contributed by atoms with van der Waals surface area (Å²) >= 11 is 0. The number of nitrogens with two attached hydrogens (primary N) is 1. The number of aromatic nitrogens is 1. The first-order chi connectivity index (χ1) is 7.99. The van der Waals surface area contributed by atoms with E-state index in [1.807, 2.05) is 0 Å². The van der Waals surface area contributed by atoms with Gasteiger partial charge in [0.1, 0.15) is 0 Å². The third-order valence-corrected chi connectivity index (χ3v) is 3.60. The summed E-state index contributed by atoms with van der Waals surface area (Å²) in [4.78, 5) is 3.80. The molecule has 0 spiro atoms. The lowest BCUT2D eigenvalue weighted by Crippen LogP contribution is -2.40. The summed E-state index contributed by atoms with van der Waals surface area (Å²) in [6.45, 7) is 0.507. The average molecular weight is 260 g/mol. The summed E-state index contributed by atoms with van der Waals surface area (Å²) in [6.07, 6.45) is 2.88. The van der Waals surface area contributed by atoms with E-state index in [2.05, 4.69) is 9.71 Å². The van der Waals surface area contributed by atoms with Crippen LogP contribution in [0.5, 0.6) is 0 Å². The van der Waals surface area contributed by atoms with Crippen LogP contribution in [-0.4, -0.2) is 40.7 Å². The molecule has 3 N–H and O–H groups in total. The van der Waals surface area contributed by atoms with Crippen LogP contribution in [-0.2, 0) is 14.9 Å². The fourth-order valence-electron chi connectivity index (χ4n) is 1.19. The summed E-state index contributed by atoms with van der Waals surface area (Å²) in [5.74, 6) is 0. The van der Waals surface area contributed by atoms with Crippen molar-refractivity contribution >= 4 is 21.6 Å². The van der Waals surface area contributed by atoms with Gasteiger partial charge in [-0.1, -0.05) is 0 Å². The van der Waals surface area contributed by atoms with Gasteiger partial charge < -0.3 is 10.5 Å². The molecule has 0 atom stereocenters. The van der Waals surface area contributed by atoms with Crippen molar-refractivity contribution in [3.8, 4) is 0 Å². The van der Waals surface area contributed by atoms with Gasteiger partial charge in [-0.05, 0) is 6.07 Å². The second-order valence-corrected chi connectivity index (χ2v) is 5.08. The van der Waals surface area contributed by atoms with Gasteiger partial charge in [-0.2, -0.15) is 13.1 Å². The Morgan fingerprint density at radius 2 is 2.29 bits per heavy atom. The van der Waals surface area contributed by atoms with Gasteiger partial charge in [-0.15, -0.1) is 0 Å². The van der Waals surface area contributed by atoms with E-state index in [0.717, 1.165) is 4.31 Å². The predicted molar refractivity (Wildman–Crippen MR) is 65.9 cm³/mol. The van der Waals surface area contributed by atoms with Gasteiger partial charge in [0.15, 0.2) is 0 Å². The minimum atomic E-state index is -3.61. The minimum Gasteiger partial charge on any atom is -0.396 e. The average Bonchev–Trinajstić information content (AvgIpc) is 2.29. The Hall–Kier alpha value is -1.38. The number of nitrogen functional groups attached to an aromatic ring is 1. The first kappa shape index (κ1) is 13.7. The summed E-state index contributed by atoms with van der Waals surface area (Å²) in [5, 5.41) is 0. The lowest BCUT2D eigenvalue weighted by Gasteiger charge is -2.20. The highest BCUT2D eigenvalue weighted by Gasteiger charge is 2.19. The zero-order valence-corrected chi connectivity index (χ0v) is 10.6. The summed E-state index contributed by atoms with van der Waals surface area (Å²) in [5.41, 5.74) is 6.33. The van der Waals surface area contributed by atoms with E-state index in [0.29, 0.717) is 18.0 Å². The Morgan fingerprint density at radius 1 is 1.59 bits per heavy atom. The highest BCUT2D eigenvalue weighted by molar-refractivity contribution is 7.90. The molecular formula is C9H16N4O3S. The van der Waals surface area contributed by atoms with E-state index >= 15 is 0 Å². The van der Waals surface area contributed by atoms with Crippen molar-refractivity contribution < 1.29 is 13.2 Å². The smallest absolute Gasteiger partial charge is 0.301 e. The maximum absolute atomic E-state index is 11.8. The van der Waals surface area contributed by atoms with Crippen LogP contribution < -0.4 is 14.8 Å². The molecule has 1 aromatic rings. The molecule has 0 unspecified atom stereocenters. The molecule has 7 nitrogen and oxygen atoms in total. The molecule has 96 valence electrons. The van der Waals surface area contributed by atoms with Gasteiger partial charge in [0.05, 0.1) is 24.2 Å². The molecule has 0 amide bonds. The van der Waals surface area contributed by atoms with Gasteiger partial charge >= 0.3 is 10.2 Å². The van der Waals surface area contributed by atoms with E-state index in [1.54, 1.807) is 0 Å². The molecule has 0 aromatic carbocycles. The summed E-state index contributed by atoms with van der Waals surface area (Å²) in [7, 11) is -0.696. The molecule has 1 aromatic heterocycles. The van der Waals surface area contributed by atoms with E-state index in [-0.39, 0.29) is 6.54 Å². The van der Waals surface area contributed by atoms with Crippen LogP contribution in [0.1, 0.15) is 0 Å². The van der Waals surface area contributed by atoms with Gasteiger partial charge in [0.2, 0.25) is 0 Å². The number of rotatable bonds is 6. The maximum atomic E-state index is 11.8. The van der Waals surface area contributed by atoms with Crippen LogP contribution in [0.15, 0.2) is 18.5 Å². The largest absolute Gasteiger partial charge is 0.396 e. The Morgan fingerprint density at radius 3 is 2.88 bits per heavy atom. The van der Waals surface area contributed by atoms with Crippen LogP contribution in [0.25, 0.3) is 0 Å². The molecule has 0 aliphatic rings. The molecule has 8 heteroatoms. The first-order valence-corrected chi connectivity index (χ1v) is 6.35. The van der Waals surface area contributed by atoms with Crippen LogP contribution in [0, 0.1) is 0 Å². The van der Waals surface area contributed by atoms with Crippen LogP contribution in [0.3, 0.4) is 0 Å². The van der Waals surface area contributed by atoms with E-state index in [1.165, 1.54) is 32.6 Å². The third kappa shape index (κ3) is 3.55. The fraction of sp³-hybridized carbons (Fsp3) is 0.444. The van der Waals surface area contributed by atoms with Crippen molar-refractivity contribution in [2.75, 3.05) is 37.3 Å².